The monoisotopic (exact) mass is 305 g/mol. The smallest absolute Gasteiger partial charge is 0.251 e. The van der Waals surface area contributed by atoms with Gasteiger partial charge in [0.15, 0.2) is 0 Å². The van der Waals surface area contributed by atoms with E-state index in [0.29, 0.717) is 12.2 Å². The van der Waals surface area contributed by atoms with E-state index in [-0.39, 0.29) is 12.5 Å². The predicted molar refractivity (Wildman–Crippen MR) is 83.4 cm³/mol. The average Bonchev–Trinajstić information content (AvgIpc) is 3.01. The van der Waals surface area contributed by atoms with Crippen molar-refractivity contribution in [2.24, 2.45) is 0 Å². The van der Waals surface area contributed by atoms with Crippen LogP contribution in [0.5, 0.6) is 0 Å². The number of benzene rings is 1. The summed E-state index contributed by atoms with van der Waals surface area (Å²) in [5.41, 5.74) is 0.328. The zero-order valence-electron chi connectivity index (χ0n) is 12.1. The topological polar surface area (TPSA) is 58.6 Å². The lowest BCUT2D eigenvalue weighted by Gasteiger charge is -2.22. The van der Waals surface area contributed by atoms with E-state index < -0.39 is 5.60 Å². The van der Waals surface area contributed by atoms with E-state index in [4.69, 9.17) is 4.74 Å². The van der Waals surface area contributed by atoms with E-state index in [9.17, 15) is 9.90 Å². The van der Waals surface area contributed by atoms with E-state index in [2.05, 4.69) is 5.32 Å². The molecule has 1 atom stereocenters. The number of aliphatic hydroxyl groups is 1. The molecule has 21 heavy (non-hydrogen) atoms. The van der Waals surface area contributed by atoms with Crippen molar-refractivity contribution in [2.45, 2.75) is 19.1 Å². The molecule has 0 aliphatic carbocycles. The van der Waals surface area contributed by atoms with E-state index >= 15 is 0 Å². The molecule has 0 saturated heterocycles. The Kier molecular flexibility index (Phi) is 5.12. The Balaban J connectivity index is 2.05. The number of hydrogen-bond donors (Lipinski definition) is 2. The highest BCUT2D eigenvalue weighted by Gasteiger charge is 2.25. The predicted octanol–water partition coefficient (Wildman–Crippen LogP) is 2.53. The molecule has 112 valence electrons. The second kappa shape index (κ2) is 6.85. The van der Waals surface area contributed by atoms with Gasteiger partial charge in [-0.3, -0.25) is 4.79 Å². The largest absolute Gasteiger partial charge is 0.383 e. The number of rotatable bonds is 6. The summed E-state index contributed by atoms with van der Waals surface area (Å²) < 4.78 is 5.10. The van der Waals surface area contributed by atoms with Crippen LogP contribution < -0.4 is 5.32 Å². The first-order chi connectivity index (χ1) is 10.0. The van der Waals surface area contributed by atoms with Gasteiger partial charge >= 0.3 is 0 Å². The Hall–Kier alpha value is -1.69. The van der Waals surface area contributed by atoms with E-state index in [1.54, 1.807) is 20.1 Å². The van der Waals surface area contributed by atoms with Crippen LogP contribution in [0.15, 0.2) is 41.8 Å². The molecule has 0 radical (unpaired) electrons. The minimum absolute atomic E-state index is 0.160. The molecule has 0 spiro atoms. The molecule has 0 bridgehead atoms. The molecule has 0 saturated carbocycles. The molecule has 0 aliphatic heterocycles. The van der Waals surface area contributed by atoms with Crippen molar-refractivity contribution in [1.29, 1.82) is 0 Å². The van der Waals surface area contributed by atoms with Gasteiger partial charge in [0.1, 0.15) is 5.60 Å². The molecule has 5 heteroatoms. The second-order valence-corrected chi connectivity index (χ2v) is 5.97. The fourth-order valence-corrected chi connectivity index (χ4v) is 2.83. The first kappa shape index (κ1) is 15.7. The Morgan fingerprint density at radius 3 is 2.76 bits per heavy atom. The van der Waals surface area contributed by atoms with Gasteiger partial charge in [0.2, 0.25) is 0 Å². The number of carbonyl (C=O) groups excluding carboxylic acids is 1. The molecule has 0 fully saturated rings. The molecular formula is C16H19NO3S. The highest BCUT2D eigenvalue weighted by Crippen LogP contribution is 2.24. The normalized spacial score (nSPS) is 13.7. The highest BCUT2D eigenvalue weighted by molar-refractivity contribution is 7.10. The summed E-state index contributed by atoms with van der Waals surface area (Å²) in [5, 5.41) is 15.1. The third-order valence-corrected chi connectivity index (χ3v) is 4.33. The van der Waals surface area contributed by atoms with E-state index in [1.807, 2.05) is 35.7 Å². The van der Waals surface area contributed by atoms with E-state index in [1.165, 1.54) is 11.3 Å². The fraction of sp³-hybridized carbons (Fsp3) is 0.312. The van der Waals surface area contributed by atoms with Gasteiger partial charge in [0.25, 0.3) is 5.91 Å². The van der Waals surface area contributed by atoms with Crippen molar-refractivity contribution >= 4 is 17.2 Å². The van der Waals surface area contributed by atoms with Crippen LogP contribution in [0.25, 0.3) is 0 Å². The van der Waals surface area contributed by atoms with Crippen molar-refractivity contribution in [1.82, 2.24) is 5.32 Å². The summed E-state index contributed by atoms with van der Waals surface area (Å²) >= 11 is 1.47. The molecule has 1 aromatic heterocycles. The van der Waals surface area contributed by atoms with Crippen LogP contribution in [0.4, 0.5) is 0 Å². The van der Waals surface area contributed by atoms with Crippen molar-refractivity contribution in [3.8, 4) is 0 Å². The SMILES string of the molecule is COCc1ccccc1C(=O)NCC(C)(O)c1cccs1. The summed E-state index contributed by atoms with van der Waals surface area (Å²) in [6.07, 6.45) is 0. The van der Waals surface area contributed by atoms with Gasteiger partial charge in [-0.15, -0.1) is 11.3 Å². The first-order valence-corrected chi connectivity index (χ1v) is 7.54. The van der Waals surface area contributed by atoms with Gasteiger partial charge in [-0.05, 0) is 30.0 Å². The molecule has 1 aromatic carbocycles. The summed E-state index contributed by atoms with van der Waals surface area (Å²) in [6, 6.07) is 11.0. The van der Waals surface area contributed by atoms with Crippen molar-refractivity contribution in [3.05, 3.63) is 57.8 Å². The molecule has 2 aromatic rings. The molecule has 1 amide bonds. The van der Waals surface area contributed by atoms with Gasteiger partial charge in [0.05, 0.1) is 13.2 Å². The van der Waals surface area contributed by atoms with Crippen molar-refractivity contribution in [2.75, 3.05) is 13.7 Å². The minimum Gasteiger partial charge on any atom is -0.383 e. The molecule has 2 rings (SSSR count). The van der Waals surface area contributed by atoms with Crippen molar-refractivity contribution < 1.29 is 14.6 Å². The molecule has 1 heterocycles. The summed E-state index contributed by atoms with van der Waals surface area (Å²) in [7, 11) is 1.59. The lowest BCUT2D eigenvalue weighted by Crippen LogP contribution is -2.38. The summed E-state index contributed by atoms with van der Waals surface area (Å²) in [5.74, 6) is -0.209. The van der Waals surface area contributed by atoms with Gasteiger partial charge in [0, 0.05) is 17.6 Å². The maximum absolute atomic E-state index is 12.3. The maximum Gasteiger partial charge on any atom is 0.251 e. The van der Waals surface area contributed by atoms with Gasteiger partial charge in [-0.25, -0.2) is 0 Å². The number of hydrogen-bond acceptors (Lipinski definition) is 4. The van der Waals surface area contributed by atoms with Gasteiger partial charge in [-0.1, -0.05) is 24.3 Å². The third kappa shape index (κ3) is 3.91. The van der Waals surface area contributed by atoms with Crippen LogP contribution in [-0.4, -0.2) is 24.7 Å². The number of amides is 1. The van der Waals surface area contributed by atoms with Crippen LogP contribution in [0.2, 0.25) is 0 Å². The van der Waals surface area contributed by atoms with Crippen LogP contribution in [0.1, 0.15) is 27.7 Å². The molecule has 1 unspecified atom stereocenters. The minimum atomic E-state index is -1.07. The lowest BCUT2D eigenvalue weighted by atomic mass is 10.0. The lowest BCUT2D eigenvalue weighted by molar-refractivity contribution is 0.0555. The van der Waals surface area contributed by atoms with Crippen LogP contribution in [0, 0.1) is 0 Å². The Labute approximate surface area is 128 Å². The second-order valence-electron chi connectivity index (χ2n) is 5.02. The fourth-order valence-electron chi connectivity index (χ4n) is 2.04. The summed E-state index contributed by atoms with van der Waals surface area (Å²) in [6.45, 7) is 2.23. The van der Waals surface area contributed by atoms with E-state index in [0.717, 1.165) is 10.4 Å². The number of ether oxygens (including phenoxy) is 1. The molecule has 4 nitrogen and oxygen atoms in total. The van der Waals surface area contributed by atoms with Crippen LogP contribution in [-0.2, 0) is 16.9 Å². The zero-order chi connectivity index (χ0) is 15.3. The number of carbonyl (C=O) groups is 1. The highest BCUT2D eigenvalue weighted by atomic mass is 32.1. The standard InChI is InChI=1S/C16H19NO3S/c1-16(19,14-8-5-9-21-14)11-17-15(18)13-7-4-3-6-12(13)10-20-2/h3-9,19H,10-11H2,1-2H3,(H,17,18). The Morgan fingerprint density at radius 2 is 2.10 bits per heavy atom. The Bertz CT molecular complexity index is 593. The number of thiophene rings is 1. The Morgan fingerprint density at radius 1 is 1.33 bits per heavy atom. The molecule has 2 N–H and O–H groups in total. The quantitative estimate of drug-likeness (QED) is 0.862. The number of methoxy groups -OCH3 is 1. The van der Waals surface area contributed by atoms with Crippen LogP contribution in [0.3, 0.4) is 0 Å². The average molecular weight is 305 g/mol. The number of nitrogens with one attached hydrogen (secondary N) is 1. The van der Waals surface area contributed by atoms with Gasteiger partial charge in [-0.2, -0.15) is 0 Å². The maximum atomic E-state index is 12.3. The first-order valence-electron chi connectivity index (χ1n) is 6.66. The zero-order valence-corrected chi connectivity index (χ0v) is 12.9. The van der Waals surface area contributed by atoms with Crippen LogP contribution >= 0.6 is 11.3 Å². The summed E-state index contributed by atoms with van der Waals surface area (Å²) in [4.78, 5) is 13.1. The molecular weight excluding hydrogens is 286 g/mol. The molecule has 0 aliphatic rings. The van der Waals surface area contributed by atoms with Crippen molar-refractivity contribution in [3.63, 3.8) is 0 Å². The van der Waals surface area contributed by atoms with Gasteiger partial charge < -0.3 is 15.2 Å². The third-order valence-electron chi connectivity index (χ3n) is 3.21.